The van der Waals surface area contributed by atoms with Crippen LogP contribution in [-0.4, -0.2) is 24.1 Å². The number of anilines is 1. The molecule has 33 heavy (non-hydrogen) atoms. The van der Waals surface area contributed by atoms with Gasteiger partial charge in [0.1, 0.15) is 0 Å². The highest BCUT2D eigenvalue weighted by atomic mass is 32.1. The number of benzene rings is 3. The molecule has 0 unspecified atom stereocenters. The number of nitrogens with zero attached hydrogens (tertiary/aromatic N) is 2. The van der Waals surface area contributed by atoms with Crippen molar-refractivity contribution in [3.05, 3.63) is 83.4 Å². The maximum atomic E-state index is 13.8. The number of aryl methyl sites for hydroxylation is 1. The monoisotopic (exact) mass is 460 g/mol. The number of ether oxygens (including phenoxy) is 2. The Morgan fingerprint density at radius 1 is 0.879 bits per heavy atom. The summed E-state index contributed by atoms with van der Waals surface area (Å²) in [5.41, 5.74) is 3.73. The second kappa shape index (κ2) is 10.5. The van der Waals surface area contributed by atoms with Crippen LogP contribution in [0.25, 0.3) is 10.2 Å². The molecule has 0 radical (unpaired) electrons. The van der Waals surface area contributed by atoms with Gasteiger partial charge in [-0.1, -0.05) is 54.7 Å². The van der Waals surface area contributed by atoms with Crippen LogP contribution in [0.1, 0.15) is 42.3 Å². The van der Waals surface area contributed by atoms with Gasteiger partial charge in [-0.05, 0) is 61.7 Å². The van der Waals surface area contributed by atoms with E-state index in [2.05, 4.69) is 19.1 Å². The zero-order valence-electron chi connectivity index (χ0n) is 19.2. The molecule has 0 aliphatic rings. The predicted octanol–water partition coefficient (Wildman–Crippen LogP) is 6.50. The SMILES string of the molecule is CCOc1ccc(C(=O)N(Cc2ccccc2)c2nc3ccc(CC)cc3s2)cc1OCC. The van der Waals surface area contributed by atoms with Crippen LogP contribution in [0.3, 0.4) is 0 Å². The number of thiazole rings is 1. The Hall–Kier alpha value is -3.38. The molecule has 4 aromatic rings. The lowest BCUT2D eigenvalue weighted by Crippen LogP contribution is -2.30. The van der Waals surface area contributed by atoms with Crippen LogP contribution in [0.2, 0.25) is 0 Å². The van der Waals surface area contributed by atoms with Crippen molar-refractivity contribution in [2.45, 2.75) is 33.7 Å². The molecule has 5 nitrogen and oxygen atoms in total. The Morgan fingerprint density at radius 3 is 2.36 bits per heavy atom. The molecule has 0 aliphatic heterocycles. The van der Waals surface area contributed by atoms with E-state index in [1.165, 1.54) is 5.56 Å². The minimum absolute atomic E-state index is 0.127. The molecule has 0 aliphatic carbocycles. The Bertz CT molecular complexity index is 1240. The van der Waals surface area contributed by atoms with Crippen molar-refractivity contribution in [1.29, 1.82) is 0 Å². The molecule has 0 bridgehead atoms. The molecule has 0 saturated carbocycles. The van der Waals surface area contributed by atoms with E-state index in [0.717, 1.165) is 22.2 Å². The second-order valence-electron chi connectivity index (χ2n) is 7.56. The molecular formula is C27H28N2O3S. The van der Waals surface area contributed by atoms with Gasteiger partial charge in [-0.15, -0.1) is 0 Å². The summed E-state index contributed by atoms with van der Waals surface area (Å²) in [6.45, 7) is 7.42. The van der Waals surface area contributed by atoms with Gasteiger partial charge in [-0.25, -0.2) is 4.98 Å². The number of rotatable bonds is 9. The lowest BCUT2D eigenvalue weighted by molar-refractivity contribution is 0.0984. The molecule has 3 aromatic carbocycles. The van der Waals surface area contributed by atoms with Gasteiger partial charge in [0.25, 0.3) is 5.91 Å². The Morgan fingerprint density at radius 2 is 1.64 bits per heavy atom. The average molecular weight is 461 g/mol. The lowest BCUT2D eigenvalue weighted by Gasteiger charge is -2.21. The molecule has 1 aromatic heterocycles. The van der Waals surface area contributed by atoms with Crippen molar-refractivity contribution in [1.82, 2.24) is 4.98 Å². The minimum atomic E-state index is -0.127. The van der Waals surface area contributed by atoms with Crippen molar-refractivity contribution in [2.24, 2.45) is 0 Å². The molecule has 0 atom stereocenters. The first-order valence-electron chi connectivity index (χ1n) is 11.3. The maximum Gasteiger partial charge on any atom is 0.260 e. The van der Waals surface area contributed by atoms with Gasteiger partial charge in [0.15, 0.2) is 16.6 Å². The normalized spacial score (nSPS) is 10.9. The van der Waals surface area contributed by atoms with Crippen molar-refractivity contribution < 1.29 is 14.3 Å². The van der Waals surface area contributed by atoms with E-state index >= 15 is 0 Å². The fourth-order valence-electron chi connectivity index (χ4n) is 3.62. The summed E-state index contributed by atoms with van der Waals surface area (Å²) in [4.78, 5) is 20.3. The highest BCUT2D eigenvalue weighted by molar-refractivity contribution is 7.22. The molecule has 4 rings (SSSR count). The van der Waals surface area contributed by atoms with Gasteiger partial charge in [0.2, 0.25) is 0 Å². The van der Waals surface area contributed by atoms with Crippen LogP contribution >= 0.6 is 11.3 Å². The van der Waals surface area contributed by atoms with E-state index < -0.39 is 0 Å². The number of carbonyl (C=O) groups is 1. The Kier molecular flexibility index (Phi) is 7.25. The van der Waals surface area contributed by atoms with E-state index in [-0.39, 0.29) is 5.91 Å². The van der Waals surface area contributed by atoms with Crippen LogP contribution < -0.4 is 14.4 Å². The highest BCUT2D eigenvalue weighted by Crippen LogP contribution is 2.33. The van der Waals surface area contributed by atoms with Gasteiger partial charge in [0.05, 0.1) is 30.0 Å². The zero-order chi connectivity index (χ0) is 23.2. The number of fused-ring (bicyclic) bond motifs is 1. The molecule has 0 spiro atoms. The number of amides is 1. The van der Waals surface area contributed by atoms with Gasteiger partial charge < -0.3 is 9.47 Å². The third-order valence-corrected chi connectivity index (χ3v) is 6.34. The van der Waals surface area contributed by atoms with Crippen molar-refractivity contribution >= 4 is 32.6 Å². The maximum absolute atomic E-state index is 13.8. The smallest absolute Gasteiger partial charge is 0.260 e. The first-order valence-corrected chi connectivity index (χ1v) is 12.1. The van der Waals surface area contributed by atoms with Gasteiger partial charge >= 0.3 is 0 Å². The lowest BCUT2D eigenvalue weighted by atomic mass is 10.1. The number of hydrogen-bond acceptors (Lipinski definition) is 5. The Balaban J connectivity index is 1.75. The fourth-order valence-corrected chi connectivity index (χ4v) is 4.65. The summed E-state index contributed by atoms with van der Waals surface area (Å²) in [6, 6.07) is 21.6. The molecule has 1 amide bonds. The average Bonchev–Trinajstić information content (AvgIpc) is 3.27. The van der Waals surface area contributed by atoms with Crippen LogP contribution in [0.4, 0.5) is 5.13 Å². The van der Waals surface area contributed by atoms with E-state index in [1.54, 1.807) is 34.4 Å². The Labute approximate surface area is 198 Å². The molecule has 0 fully saturated rings. The summed E-state index contributed by atoms with van der Waals surface area (Å²) in [5, 5.41) is 0.680. The second-order valence-corrected chi connectivity index (χ2v) is 8.57. The van der Waals surface area contributed by atoms with Gasteiger partial charge in [0, 0.05) is 5.56 Å². The number of carbonyl (C=O) groups excluding carboxylic acids is 1. The van der Waals surface area contributed by atoms with Crippen molar-refractivity contribution in [3.8, 4) is 11.5 Å². The van der Waals surface area contributed by atoms with Gasteiger partial charge in [-0.3, -0.25) is 9.69 Å². The number of aromatic nitrogens is 1. The topological polar surface area (TPSA) is 51.7 Å². The van der Waals surface area contributed by atoms with E-state index in [0.29, 0.717) is 42.0 Å². The summed E-state index contributed by atoms with van der Waals surface area (Å²) in [5.74, 6) is 1.08. The summed E-state index contributed by atoms with van der Waals surface area (Å²) in [6.07, 6.45) is 0.961. The minimum Gasteiger partial charge on any atom is -0.490 e. The van der Waals surface area contributed by atoms with Crippen LogP contribution in [-0.2, 0) is 13.0 Å². The van der Waals surface area contributed by atoms with Crippen molar-refractivity contribution in [3.63, 3.8) is 0 Å². The van der Waals surface area contributed by atoms with E-state index in [4.69, 9.17) is 14.5 Å². The van der Waals surface area contributed by atoms with E-state index in [9.17, 15) is 4.79 Å². The molecule has 170 valence electrons. The summed E-state index contributed by atoms with van der Waals surface area (Å²) >= 11 is 1.54. The van der Waals surface area contributed by atoms with Crippen LogP contribution in [0.15, 0.2) is 66.7 Å². The zero-order valence-corrected chi connectivity index (χ0v) is 20.0. The highest BCUT2D eigenvalue weighted by Gasteiger charge is 2.23. The summed E-state index contributed by atoms with van der Waals surface area (Å²) < 4.78 is 12.5. The van der Waals surface area contributed by atoms with Gasteiger partial charge in [-0.2, -0.15) is 0 Å². The summed E-state index contributed by atoms with van der Waals surface area (Å²) in [7, 11) is 0. The van der Waals surface area contributed by atoms with Crippen LogP contribution in [0.5, 0.6) is 11.5 Å². The predicted molar refractivity (Wildman–Crippen MR) is 135 cm³/mol. The molecular weight excluding hydrogens is 432 g/mol. The van der Waals surface area contributed by atoms with Crippen molar-refractivity contribution in [2.75, 3.05) is 18.1 Å². The van der Waals surface area contributed by atoms with E-state index in [1.807, 2.05) is 50.2 Å². The first-order chi connectivity index (χ1) is 16.1. The largest absolute Gasteiger partial charge is 0.490 e. The molecule has 0 N–H and O–H groups in total. The third-order valence-electron chi connectivity index (χ3n) is 5.30. The third kappa shape index (κ3) is 5.17. The number of hydrogen-bond donors (Lipinski definition) is 0. The standard InChI is InChI=1S/C27H28N2O3S/c1-4-19-12-14-22-25(16-19)33-27(28-22)29(18-20-10-8-7-9-11-20)26(30)21-13-15-23(31-5-2)24(17-21)32-6-3/h7-17H,4-6,18H2,1-3H3. The molecule has 1 heterocycles. The fraction of sp³-hybridized carbons (Fsp3) is 0.259. The molecule has 0 saturated heterocycles. The quantitative estimate of drug-likeness (QED) is 0.286. The molecule has 6 heteroatoms. The van der Waals surface area contributed by atoms with Crippen LogP contribution in [0, 0.1) is 0 Å². The first kappa shape index (κ1) is 22.8.